The molecular weight excluding hydrogens is 1350 g/mol. The van der Waals surface area contributed by atoms with Gasteiger partial charge in [-0.1, -0.05) is 401 Å². The van der Waals surface area contributed by atoms with Crippen molar-refractivity contribution in [3.8, 4) is 0 Å². The molecule has 0 aromatic carbocycles. The van der Waals surface area contributed by atoms with E-state index in [4.69, 9.17) is 37.0 Å². The molecule has 0 amide bonds. The first-order valence-electron chi connectivity index (χ1n) is 44.0. The van der Waals surface area contributed by atoms with E-state index in [2.05, 4.69) is 41.5 Å². The highest BCUT2D eigenvalue weighted by molar-refractivity contribution is 7.47. The third-order valence-corrected chi connectivity index (χ3v) is 21.9. The van der Waals surface area contributed by atoms with Gasteiger partial charge in [-0.05, 0) is 37.5 Å². The molecule has 2 unspecified atom stereocenters. The van der Waals surface area contributed by atoms with E-state index in [0.29, 0.717) is 25.7 Å². The van der Waals surface area contributed by atoms with Crippen LogP contribution < -0.4 is 0 Å². The fraction of sp³-hybridized carbons (Fsp3) is 0.953. The summed E-state index contributed by atoms with van der Waals surface area (Å²) in [5.74, 6) is -0.664. The molecule has 0 radical (unpaired) electrons. The summed E-state index contributed by atoms with van der Waals surface area (Å²) in [7, 11) is -9.92. The Bertz CT molecular complexity index is 1990. The molecule has 0 saturated heterocycles. The number of esters is 4. The van der Waals surface area contributed by atoms with Crippen molar-refractivity contribution in [1.29, 1.82) is 0 Å². The summed E-state index contributed by atoms with van der Waals surface area (Å²) in [6.07, 6.45) is 68.4. The number of phosphoric ester groups is 2. The summed E-state index contributed by atoms with van der Waals surface area (Å²) in [5.41, 5.74) is 0. The van der Waals surface area contributed by atoms with Gasteiger partial charge in [0.1, 0.15) is 19.3 Å². The zero-order chi connectivity index (χ0) is 76.4. The lowest BCUT2D eigenvalue weighted by atomic mass is 10.0. The molecule has 0 heterocycles. The molecule has 0 aromatic heterocycles. The molecule has 5 atom stereocenters. The number of hydrogen-bond donors (Lipinski definition) is 3. The van der Waals surface area contributed by atoms with Crippen molar-refractivity contribution in [2.45, 2.75) is 471 Å². The number of aliphatic hydroxyl groups excluding tert-OH is 1. The van der Waals surface area contributed by atoms with Gasteiger partial charge in [0.25, 0.3) is 0 Å². The van der Waals surface area contributed by atoms with Gasteiger partial charge >= 0.3 is 39.5 Å². The molecule has 19 heteroatoms. The Balaban J connectivity index is 5.19. The van der Waals surface area contributed by atoms with Gasteiger partial charge in [0.15, 0.2) is 12.2 Å². The maximum atomic E-state index is 13.1. The van der Waals surface area contributed by atoms with E-state index in [0.717, 1.165) is 102 Å². The highest BCUT2D eigenvalue weighted by atomic mass is 31.2. The number of aliphatic hydroxyl groups is 1. The van der Waals surface area contributed by atoms with Gasteiger partial charge in [-0.25, -0.2) is 9.13 Å². The number of phosphoric acid groups is 2. The maximum Gasteiger partial charge on any atom is 0.472 e. The minimum atomic E-state index is -4.96. The first-order chi connectivity index (χ1) is 50.4. The van der Waals surface area contributed by atoms with Crippen molar-refractivity contribution in [2.75, 3.05) is 39.6 Å². The molecule has 0 spiro atoms. The fourth-order valence-electron chi connectivity index (χ4n) is 13.2. The second kappa shape index (κ2) is 76.4. The Morgan fingerprint density at radius 3 is 0.654 bits per heavy atom. The molecule has 618 valence electrons. The smallest absolute Gasteiger partial charge is 0.462 e. The van der Waals surface area contributed by atoms with Gasteiger partial charge in [0.2, 0.25) is 0 Å². The molecule has 0 aliphatic rings. The number of rotatable bonds is 84. The van der Waals surface area contributed by atoms with Gasteiger partial charge in [-0.15, -0.1) is 0 Å². The minimum absolute atomic E-state index is 0.104. The van der Waals surface area contributed by atoms with Crippen molar-refractivity contribution < 1.29 is 80.2 Å². The Morgan fingerprint density at radius 2 is 0.442 bits per heavy atom. The lowest BCUT2D eigenvalue weighted by Crippen LogP contribution is -2.30. The zero-order valence-corrected chi connectivity index (χ0v) is 70.1. The van der Waals surface area contributed by atoms with Crippen LogP contribution in [0.1, 0.15) is 452 Å². The topological polar surface area (TPSA) is 237 Å². The molecule has 0 rings (SSSR count). The van der Waals surface area contributed by atoms with E-state index < -0.39 is 97.5 Å². The highest BCUT2D eigenvalue weighted by Crippen LogP contribution is 2.45. The van der Waals surface area contributed by atoms with E-state index >= 15 is 0 Å². The number of carbonyl (C=O) groups excluding carboxylic acids is 4. The second-order valence-electron chi connectivity index (χ2n) is 31.5. The van der Waals surface area contributed by atoms with E-state index in [1.807, 2.05) is 0 Å². The molecule has 104 heavy (non-hydrogen) atoms. The molecule has 0 fully saturated rings. The van der Waals surface area contributed by atoms with Crippen LogP contribution in [-0.2, 0) is 65.4 Å². The SMILES string of the molecule is CCCCCCCCCCCCCCCCCCCCCCCCC(=O)O[C@H](COC(=O)CCCCCCCCCCCCCCCCCCCCCC)COP(=O)(O)OC[C@@H](O)COP(=O)(O)OC[C@@H](COC(=O)CCCCCCCCCCC(C)C)OC(=O)CCCCCCCCCCC(C)C. The number of carbonyl (C=O) groups is 4. The molecule has 0 aliphatic carbocycles. The van der Waals surface area contributed by atoms with Gasteiger partial charge in [-0.3, -0.25) is 37.3 Å². The Morgan fingerprint density at radius 1 is 0.260 bits per heavy atom. The van der Waals surface area contributed by atoms with E-state index in [1.165, 1.54) is 270 Å². The van der Waals surface area contributed by atoms with Gasteiger partial charge in [0.05, 0.1) is 26.4 Å². The largest absolute Gasteiger partial charge is 0.472 e. The summed E-state index contributed by atoms with van der Waals surface area (Å²) in [6, 6.07) is 0. The van der Waals surface area contributed by atoms with Crippen LogP contribution in [0.5, 0.6) is 0 Å². The van der Waals surface area contributed by atoms with Crippen molar-refractivity contribution in [3.63, 3.8) is 0 Å². The number of unbranched alkanes of at least 4 members (excludes halogenated alkanes) is 54. The van der Waals surface area contributed by atoms with Crippen LogP contribution in [0.25, 0.3) is 0 Å². The normalized spacial score (nSPS) is 13.8. The molecule has 0 bridgehead atoms. The monoisotopic (exact) mass is 1520 g/mol. The van der Waals surface area contributed by atoms with Gasteiger partial charge < -0.3 is 33.8 Å². The Kier molecular flexibility index (Phi) is 75.0. The zero-order valence-electron chi connectivity index (χ0n) is 68.3. The number of hydrogen-bond acceptors (Lipinski definition) is 15. The maximum absolute atomic E-state index is 13.1. The van der Waals surface area contributed by atoms with Crippen molar-refractivity contribution >= 4 is 39.5 Å². The van der Waals surface area contributed by atoms with Crippen molar-refractivity contribution in [3.05, 3.63) is 0 Å². The van der Waals surface area contributed by atoms with Gasteiger partial charge in [-0.2, -0.15) is 0 Å². The van der Waals surface area contributed by atoms with E-state index in [1.54, 1.807) is 0 Å². The van der Waals surface area contributed by atoms with Crippen LogP contribution in [-0.4, -0.2) is 96.7 Å². The third-order valence-electron chi connectivity index (χ3n) is 20.0. The molecule has 0 aliphatic heterocycles. The second-order valence-corrected chi connectivity index (χ2v) is 34.4. The predicted octanol–water partition coefficient (Wildman–Crippen LogP) is 25.8. The van der Waals surface area contributed by atoms with Crippen LogP contribution >= 0.6 is 15.6 Å². The average Bonchev–Trinajstić information content (AvgIpc) is 0.916. The van der Waals surface area contributed by atoms with Crippen LogP contribution in [0, 0.1) is 11.8 Å². The lowest BCUT2D eigenvalue weighted by Gasteiger charge is -2.21. The highest BCUT2D eigenvalue weighted by Gasteiger charge is 2.30. The molecule has 0 aromatic rings. The fourth-order valence-corrected chi connectivity index (χ4v) is 14.8. The predicted molar refractivity (Wildman–Crippen MR) is 428 cm³/mol. The van der Waals surface area contributed by atoms with Crippen LogP contribution in [0.15, 0.2) is 0 Å². The summed E-state index contributed by atoms with van der Waals surface area (Å²) in [4.78, 5) is 73.1. The molecule has 17 nitrogen and oxygen atoms in total. The molecule has 0 saturated carbocycles. The summed E-state index contributed by atoms with van der Waals surface area (Å²) < 4.78 is 68.8. The summed E-state index contributed by atoms with van der Waals surface area (Å²) in [5, 5.41) is 10.7. The minimum Gasteiger partial charge on any atom is -0.462 e. The van der Waals surface area contributed by atoms with Crippen molar-refractivity contribution in [1.82, 2.24) is 0 Å². The first-order valence-corrected chi connectivity index (χ1v) is 47.0. The third kappa shape index (κ3) is 78.2. The molecule has 3 N–H and O–H groups in total. The Labute approximate surface area is 638 Å². The van der Waals surface area contributed by atoms with Gasteiger partial charge in [0, 0.05) is 25.7 Å². The van der Waals surface area contributed by atoms with Crippen molar-refractivity contribution in [2.24, 2.45) is 11.8 Å². The summed E-state index contributed by atoms with van der Waals surface area (Å²) >= 11 is 0. The quantitative estimate of drug-likeness (QED) is 0.0222. The van der Waals surface area contributed by atoms with Crippen LogP contribution in [0.2, 0.25) is 0 Å². The van der Waals surface area contributed by atoms with E-state index in [-0.39, 0.29) is 25.7 Å². The molecular formula is C85H166O17P2. The van der Waals surface area contributed by atoms with Crippen LogP contribution in [0.4, 0.5) is 0 Å². The van der Waals surface area contributed by atoms with Crippen LogP contribution in [0.3, 0.4) is 0 Å². The standard InChI is InChI=1S/C85H166O17P2/c1-7-9-11-13-15-17-19-21-23-25-27-29-30-32-34-36-38-40-42-51-57-63-69-84(89)101-80(73-95-82(87)67-61-55-49-41-39-37-35-33-31-28-26-24-22-20-18-16-14-12-10-8-2)75-99-103(91,92)97-71-79(86)72-98-104(93,94)100-76-81(102-85(90)70-64-58-52-46-44-48-54-60-66-78(5)6)74-96-83(88)68-62-56-50-45-43-47-53-59-65-77(3)4/h77-81,86H,7-76H2,1-6H3,(H,91,92)(H,93,94)/t79-,80-,81-/m1/s1. The first kappa shape index (κ1) is 102. The van der Waals surface area contributed by atoms with E-state index in [9.17, 15) is 43.2 Å². The number of ether oxygens (including phenoxy) is 4. The average molecular weight is 1520 g/mol. The summed E-state index contributed by atoms with van der Waals surface area (Å²) in [6.45, 7) is 9.57. The Hall–Kier alpha value is -1.94. The lowest BCUT2D eigenvalue weighted by molar-refractivity contribution is -0.161.